The van der Waals surface area contributed by atoms with Gasteiger partial charge in [-0.05, 0) is 48.0 Å². The Hall–Kier alpha value is -4.12. The largest absolute Gasteiger partial charge is 0.573 e. The van der Waals surface area contributed by atoms with Gasteiger partial charge in [0.2, 0.25) is 0 Å². The van der Waals surface area contributed by atoms with Gasteiger partial charge in [-0.3, -0.25) is 4.79 Å². The summed E-state index contributed by atoms with van der Waals surface area (Å²) in [7, 11) is 0. The van der Waals surface area contributed by atoms with Crippen LogP contribution in [-0.2, 0) is 0 Å². The number of benzene rings is 2. The molecule has 1 fully saturated rings. The molecule has 1 saturated heterocycles. The highest BCUT2D eigenvalue weighted by Gasteiger charge is 2.31. The lowest BCUT2D eigenvalue weighted by Gasteiger charge is -2.29. The van der Waals surface area contributed by atoms with Gasteiger partial charge in [0.1, 0.15) is 11.4 Å². The Morgan fingerprint density at radius 1 is 1.06 bits per heavy atom. The number of ether oxygens (including phenoxy) is 1. The summed E-state index contributed by atoms with van der Waals surface area (Å²) in [5.74, 6) is -0.767. The molecule has 11 heteroatoms. The van der Waals surface area contributed by atoms with E-state index in [9.17, 15) is 18.0 Å². The molecular weight excluding hydrogens is 461 g/mol. The van der Waals surface area contributed by atoms with E-state index in [0.29, 0.717) is 22.5 Å². The fourth-order valence-electron chi connectivity index (χ4n) is 3.93. The lowest BCUT2D eigenvalue weighted by molar-refractivity contribution is -0.274. The first kappa shape index (κ1) is 22.7. The summed E-state index contributed by atoms with van der Waals surface area (Å²) in [6.07, 6.45) is -1.75. The number of alkyl halides is 3. The van der Waals surface area contributed by atoms with Crippen LogP contribution in [0.4, 0.5) is 24.5 Å². The molecule has 5 rings (SSSR count). The van der Waals surface area contributed by atoms with Gasteiger partial charge in [0.15, 0.2) is 5.65 Å². The van der Waals surface area contributed by atoms with Gasteiger partial charge in [0.25, 0.3) is 5.91 Å². The number of rotatable bonds is 5. The van der Waals surface area contributed by atoms with Gasteiger partial charge in [-0.2, -0.15) is 5.10 Å². The van der Waals surface area contributed by atoms with E-state index >= 15 is 0 Å². The van der Waals surface area contributed by atoms with E-state index in [-0.39, 0.29) is 11.4 Å². The highest BCUT2D eigenvalue weighted by molar-refractivity contribution is 6.03. The fourth-order valence-corrected chi connectivity index (χ4v) is 3.93. The van der Waals surface area contributed by atoms with Gasteiger partial charge in [-0.25, -0.2) is 9.50 Å². The van der Waals surface area contributed by atoms with Crippen LogP contribution in [0.15, 0.2) is 67.0 Å². The van der Waals surface area contributed by atoms with Crippen molar-refractivity contribution in [2.45, 2.75) is 6.36 Å². The van der Waals surface area contributed by atoms with Crippen LogP contribution in [0.2, 0.25) is 0 Å². The normalized spacial score (nSPS) is 14.2. The molecular formula is C24H21F3N6O2. The lowest BCUT2D eigenvalue weighted by atomic mass is 10.1. The Morgan fingerprint density at radius 3 is 2.57 bits per heavy atom. The monoisotopic (exact) mass is 482 g/mol. The second kappa shape index (κ2) is 9.26. The fraction of sp³-hybridized carbons (Fsp3) is 0.208. The average Bonchev–Trinajstić information content (AvgIpc) is 3.27. The molecule has 3 heterocycles. The van der Waals surface area contributed by atoms with Crippen molar-refractivity contribution in [1.82, 2.24) is 19.9 Å². The number of hydrogen-bond acceptors (Lipinski definition) is 6. The molecule has 2 N–H and O–H groups in total. The van der Waals surface area contributed by atoms with E-state index < -0.39 is 12.3 Å². The number of nitrogens with one attached hydrogen (secondary N) is 2. The molecule has 0 aliphatic carbocycles. The highest BCUT2D eigenvalue weighted by atomic mass is 19.4. The zero-order valence-electron chi connectivity index (χ0n) is 18.4. The van der Waals surface area contributed by atoms with Crippen LogP contribution in [0.25, 0.3) is 16.8 Å². The molecule has 2 aromatic carbocycles. The van der Waals surface area contributed by atoms with Crippen molar-refractivity contribution < 1.29 is 22.7 Å². The third kappa shape index (κ3) is 5.19. The maximum atomic E-state index is 12.9. The maximum Gasteiger partial charge on any atom is 0.573 e. The van der Waals surface area contributed by atoms with Crippen LogP contribution in [0.5, 0.6) is 5.75 Å². The Balaban J connectivity index is 1.36. The summed E-state index contributed by atoms with van der Waals surface area (Å²) >= 11 is 0. The van der Waals surface area contributed by atoms with Crippen LogP contribution < -0.4 is 20.3 Å². The van der Waals surface area contributed by atoms with Gasteiger partial charge in [0, 0.05) is 49.3 Å². The number of aromatic nitrogens is 3. The number of piperazine rings is 1. The Morgan fingerprint density at radius 2 is 1.83 bits per heavy atom. The van der Waals surface area contributed by atoms with Crippen LogP contribution in [-0.4, -0.2) is 53.0 Å². The number of carbonyl (C=O) groups excluding carboxylic acids is 1. The minimum Gasteiger partial charge on any atom is -0.406 e. The predicted molar refractivity (Wildman–Crippen MR) is 125 cm³/mol. The number of halogens is 3. The van der Waals surface area contributed by atoms with Gasteiger partial charge in [-0.1, -0.05) is 12.1 Å². The molecule has 180 valence electrons. The zero-order valence-corrected chi connectivity index (χ0v) is 18.4. The summed E-state index contributed by atoms with van der Waals surface area (Å²) in [5.41, 5.74) is 3.08. The van der Waals surface area contributed by atoms with Crippen molar-refractivity contribution in [3.63, 3.8) is 0 Å². The topological polar surface area (TPSA) is 83.8 Å². The summed E-state index contributed by atoms with van der Waals surface area (Å²) in [4.78, 5) is 19.5. The summed E-state index contributed by atoms with van der Waals surface area (Å²) in [6, 6.07) is 14.6. The van der Waals surface area contributed by atoms with E-state index in [1.54, 1.807) is 12.3 Å². The summed E-state index contributed by atoms with van der Waals surface area (Å²) in [6.45, 7) is 3.72. The molecule has 0 spiro atoms. The van der Waals surface area contributed by atoms with Crippen molar-refractivity contribution in [2.75, 3.05) is 36.4 Å². The number of carbonyl (C=O) groups is 1. The van der Waals surface area contributed by atoms with Crippen molar-refractivity contribution in [3.8, 4) is 16.9 Å². The standard InChI is InChI=1S/C24H21F3N6O2/c25-24(26,27)35-19-3-1-2-16(14-19)20-15-29-33-11-8-21(31-22(20)33)23(34)30-17-4-6-18(7-5-17)32-12-9-28-10-13-32/h1-8,11,14-15,28H,9-10,12-13H2,(H,30,34). The Labute approximate surface area is 198 Å². The molecule has 1 aliphatic heterocycles. The van der Waals surface area contributed by atoms with Crippen molar-refractivity contribution in [1.29, 1.82) is 0 Å². The Bertz CT molecular complexity index is 1350. The quantitative estimate of drug-likeness (QED) is 0.448. The second-order valence-corrected chi connectivity index (χ2v) is 7.95. The molecule has 8 nitrogen and oxygen atoms in total. The molecule has 0 saturated carbocycles. The predicted octanol–water partition coefficient (Wildman–Crippen LogP) is 3.96. The molecule has 1 aliphatic rings. The van der Waals surface area contributed by atoms with Gasteiger partial charge < -0.3 is 20.3 Å². The molecule has 2 aromatic heterocycles. The van der Waals surface area contributed by atoms with Crippen LogP contribution in [0.3, 0.4) is 0 Å². The first-order valence-corrected chi connectivity index (χ1v) is 10.9. The second-order valence-electron chi connectivity index (χ2n) is 7.95. The van der Waals surface area contributed by atoms with Crippen LogP contribution in [0.1, 0.15) is 10.5 Å². The summed E-state index contributed by atoms with van der Waals surface area (Å²) in [5, 5.41) is 10.3. The highest BCUT2D eigenvalue weighted by Crippen LogP contribution is 2.30. The molecule has 0 radical (unpaired) electrons. The number of amides is 1. The first-order chi connectivity index (χ1) is 16.9. The van der Waals surface area contributed by atoms with Gasteiger partial charge >= 0.3 is 6.36 Å². The number of anilines is 2. The smallest absolute Gasteiger partial charge is 0.406 e. The third-order valence-corrected chi connectivity index (χ3v) is 5.59. The van der Waals surface area contributed by atoms with Gasteiger partial charge in [-0.15, -0.1) is 13.2 Å². The van der Waals surface area contributed by atoms with Crippen LogP contribution >= 0.6 is 0 Å². The van der Waals surface area contributed by atoms with Crippen molar-refractivity contribution in [3.05, 3.63) is 72.7 Å². The first-order valence-electron chi connectivity index (χ1n) is 10.9. The van der Waals surface area contributed by atoms with Crippen LogP contribution in [0, 0.1) is 0 Å². The van der Waals surface area contributed by atoms with E-state index in [1.165, 1.54) is 35.0 Å². The number of hydrogen-bond donors (Lipinski definition) is 2. The van der Waals surface area contributed by atoms with E-state index in [4.69, 9.17) is 0 Å². The minimum atomic E-state index is -4.80. The average molecular weight is 482 g/mol. The zero-order chi connectivity index (χ0) is 24.4. The number of fused-ring (bicyclic) bond motifs is 1. The maximum absolute atomic E-state index is 12.9. The molecule has 35 heavy (non-hydrogen) atoms. The molecule has 1 amide bonds. The van der Waals surface area contributed by atoms with E-state index in [0.717, 1.165) is 31.9 Å². The van der Waals surface area contributed by atoms with E-state index in [1.807, 2.05) is 24.3 Å². The minimum absolute atomic E-state index is 0.146. The Kier molecular flexibility index (Phi) is 6.00. The van der Waals surface area contributed by atoms with Crippen molar-refractivity contribution >= 4 is 22.9 Å². The SMILES string of the molecule is O=C(Nc1ccc(N2CCNCC2)cc1)c1ccn2ncc(-c3cccc(OC(F)(F)F)c3)c2n1. The van der Waals surface area contributed by atoms with Crippen molar-refractivity contribution in [2.24, 2.45) is 0 Å². The van der Waals surface area contributed by atoms with E-state index in [2.05, 4.69) is 30.4 Å². The third-order valence-electron chi connectivity index (χ3n) is 5.59. The molecule has 0 atom stereocenters. The summed E-state index contributed by atoms with van der Waals surface area (Å²) < 4.78 is 43.3. The molecule has 0 unspecified atom stereocenters. The number of nitrogens with zero attached hydrogens (tertiary/aromatic N) is 4. The molecule has 0 bridgehead atoms. The molecule has 4 aromatic rings. The lowest BCUT2D eigenvalue weighted by Crippen LogP contribution is -2.43. The van der Waals surface area contributed by atoms with Gasteiger partial charge in [0.05, 0.1) is 6.20 Å².